The first-order valence-electron chi connectivity index (χ1n) is 29.6. The molecule has 4 unspecified atom stereocenters. The maximum absolute atomic E-state index is 5.56. The second-order valence-corrected chi connectivity index (χ2v) is 23.7. The second-order valence-electron chi connectivity index (χ2n) is 23.7. The van der Waals surface area contributed by atoms with Crippen molar-refractivity contribution in [3.63, 3.8) is 0 Å². The molecule has 17 rings (SSSR count). The van der Waals surface area contributed by atoms with E-state index in [4.69, 9.17) is 9.98 Å². The standard InChI is InChI=1S/C77H59N7/c1-77(2)63-35-18-15-32-55(63)59-42-60-56-33-16-19-36-69(56)84(74(60)45-64(59)77)76-80-67(50-26-11-5-12-27-50)47-68(81-76)53-29-21-28-51(40-53)52-38-39-58-62-44-73-61(43-72(62)82(71(58)41-52)54-30-13-6-14-31-54)57-34-17-20-37-70(57)83(73)75-78-65(48-22-7-3-8-23-48)46-66(79-75)49-24-9-4-10-25-49/h3-9,11-24,26-47,60,65,68,74H,10,25H2,1-2H3,(H,78,79)(H,80,81). The van der Waals surface area contributed by atoms with E-state index in [2.05, 4.69) is 299 Å². The van der Waals surface area contributed by atoms with E-state index >= 15 is 0 Å². The van der Waals surface area contributed by atoms with E-state index < -0.39 is 0 Å². The summed E-state index contributed by atoms with van der Waals surface area (Å²) in [5, 5.41) is 12.7. The van der Waals surface area contributed by atoms with Crippen LogP contribution in [0.4, 0.5) is 5.69 Å². The minimum absolute atomic E-state index is 0.0434. The van der Waals surface area contributed by atoms with Crippen LogP contribution in [-0.2, 0) is 5.41 Å². The topological polar surface area (TPSA) is 61.9 Å². The number of aromatic nitrogens is 2. The predicted octanol–water partition coefficient (Wildman–Crippen LogP) is 17.6. The van der Waals surface area contributed by atoms with Gasteiger partial charge in [0, 0.05) is 49.8 Å². The van der Waals surface area contributed by atoms with Crippen LogP contribution in [0, 0.1) is 0 Å². The predicted molar refractivity (Wildman–Crippen MR) is 348 cm³/mol. The lowest BCUT2D eigenvalue weighted by molar-refractivity contribution is 0.637. The lowest BCUT2D eigenvalue weighted by atomic mass is 9.77. The summed E-state index contributed by atoms with van der Waals surface area (Å²) in [7, 11) is 0. The van der Waals surface area contributed by atoms with Gasteiger partial charge in [-0.2, -0.15) is 0 Å². The van der Waals surface area contributed by atoms with Crippen molar-refractivity contribution in [1.29, 1.82) is 0 Å². The SMILES string of the molecule is CC1(C)C2=CC3C(C=C2c2ccccc21)c1ccccc1N3C1=NC(c2ccccc2)=CC(c2cccc(-c3ccc4c5cc6c(cc5n(-c5ccccc5)c4c3)c3ccccc3n6C3=NC(C4=CC=CCC4)=CC(c4ccccc4)N3)c2)N1. The highest BCUT2D eigenvalue weighted by Crippen LogP contribution is 2.56. The maximum atomic E-state index is 5.56. The van der Waals surface area contributed by atoms with Crippen molar-refractivity contribution < 1.29 is 0 Å². The zero-order valence-corrected chi connectivity index (χ0v) is 46.8. The van der Waals surface area contributed by atoms with Gasteiger partial charge in [0.15, 0.2) is 0 Å². The Kier molecular flexibility index (Phi) is 10.9. The summed E-state index contributed by atoms with van der Waals surface area (Å²) in [5.41, 5.74) is 22.5. The molecule has 7 nitrogen and oxygen atoms in total. The Hall–Kier alpha value is -10.2. The van der Waals surface area contributed by atoms with Gasteiger partial charge in [0.25, 0.3) is 0 Å². The first-order valence-corrected chi connectivity index (χ1v) is 29.6. The van der Waals surface area contributed by atoms with Crippen molar-refractivity contribution in [2.75, 3.05) is 4.90 Å². The van der Waals surface area contributed by atoms with Crippen molar-refractivity contribution in [1.82, 2.24) is 19.8 Å². The van der Waals surface area contributed by atoms with Crippen molar-refractivity contribution in [3.8, 4) is 16.8 Å². The molecule has 0 spiro atoms. The maximum Gasteiger partial charge on any atom is 0.209 e. The van der Waals surface area contributed by atoms with E-state index in [1.165, 1.54) is 66.2 Å². The molecule has 0 bridgehead atoms. The average molecular weight is 1080 g/mol. The van der Waals surface area contributed by atoms with Crippen LogP contribution < -0.4 is 15.5 Å². The second kappa shape index (κ2) is 18.9. The third-order valence-electron chi connectivity index (χ3n) is 18.6. The summed E-state index contributed by atoms with van der Waals surface area (Å²) in [6.45, 7) is 4.76. The summed E-state index contributed by atoms with van der Waals surface area (Å²) in [5.74, 6) is 1.85. The molecule has 5 heterocycles. The molecule has 0 saturated heterocycles. The fraction of sp³-hybridized carbons (Fsp3) is 0.117. The minimum atomic E-state index is -0.171. The lowest BCUT2D eigenvalue weighted by Crippen LogP contribution is -2.48. The van der Waals surface area contributed by atoms with E-state index in [-0.39, 0.29) is 29.5 Å². The molecule has 2 aromatic heterocycles. The first-order chi connectivity index (χ1) is 41.4. The van der Waals surface area contributed by atoms with Crippen LogP contribution in [0.3, 0.4) is 0 Å². The molecule has 0 amide bonds. The Bertz CT molecular complexity index is 4830. The van der Waals surface area contributed by atoms with Gasteiger partial charge in [-0.3, -0.25) is 4.57 Å². The Morgan fingerprint density at radius 2 is 1.13 bits per heavy atom. The molecular weight excluding hydrogens is 1020 g/mol. The van der Waals surface area contributed by atoms with Gasteiger partial charge in [-0.1, -0.05) is 214 Å². The van der Waals surface area contributed by atoms with Crippen LogP contribution in [-0.4, -0.2) is 27.1 Å². The molecule has 7 heteroatoms. The van der Waals surface area contributed by atoms with Gasteiger partial charge in [0.2, 0.25) is 11.9 Å². The molecule has 84 heavy (non-hydrogen) atoms. The van der Waals surface area contributed by atoms with Crippen LogP contribution in [0.5, 0.6) is 0 Å². The van der Waals surface area contributed by atoms with Crippen molar-refractivity contribution in [3.05, 3.63) is 311 Å². The van der Waals surface area contributed by atoms with Crippen LogP contribution >= 0.6 is 0 Å². The molecule has 6 aliphatic rings. The highest BCUT2D eigenvalue weighted by Gasteiger charge is 2.47. The zero-order valence-electron chi connectivity index (χ0n) is 46.8. The summed E-state index contributed by atoms with van der Waals surface area (Å²) >= 11 is 0. The molecule has 0 fully saturated rings. The normalized spacial score (nSPS) is 20.2. The molecule has 4 atom stereocenters. The molecule has 3 aliphatic heterocycles. The number of fused-ring (bicyclic) bond motifs is 12. The molecule has 402 valence electrons. The van der Waals surface area contributed by atoms with Gasteiger partial charge >= 0.3 is 0 Å². The third kappa shape index (κ3) is 7.58. The minimum Gasteiger partial charge on any atom is -0.345 e. The highest BCUT2D eigenvalue weighted by molar-refractivity contribution is 6.21. The number of nitrogens with one attached hydrogen (secondary N) is 2. The molecular formula is C77H59N7. The van der Waals surface area contributed by atoms with Crippen molar-refractivity contribution in [2.24, 2.45) is 9.98 Å². The van der Waals surface area contributed by atoms with E-state index in [0.717, 1.165) is 86.2 Å². The average Bonchev–Trinajstić information content (AvgIpc) is 1.70. The first kappa shape index (κ1) is 48.5. The molecule has 11 aromatic rings. The summed E-state index contributed by atoms with van der Waals surface area (Å²) < 4.78 is 4.82. The van der Waals surface area contributed by atoms with Gasteiger partial charge in [-0.25, -0.2) is 9.98 Å². The summed E-state index contributed by atoms with van der Waals surface area (Å²) in [6.07, 6.45) is 18.3. The zero-order chi connectivity index (χ0) is 55.6. The summed E-state index contributed by atoms with van der Waals surface area (Å²) in [4.78, 5) is 13.5. The van der Waals surface area contributed by atoms with Gasteiger partial charge < -0.3 is 20.1 Å². The van der Waals surface area contributed by atoms with Gasteiger partial charge in [-0.05, 0) is 129 Å². The number of rotatable bonds is 6. The number of guanidine groups is 1. The van der Waals surface area contributed by atoms with Crippen molar-refractivity contribution in [2.45, 2.75) is 56.1 Å². The van der Waals surface area contributed by atoms with E-state index in [0.29, 0.717) is 0 Å². The van der Waals surface area contributed by atoms with Crippen molar-refractivity contribution >= 4 is 72.5 Å². The highest BCUT2D eigenvalue weighted by atomic mass is 15.3. The molecule has 0 saturated carbocycles. The van der Waals surface area contributed by atoms with E-state index in [1.807, 2.05) is 0 Å². The van der Waals surface area contributed by atoms with Gasteiger partial charge in [-0.15, -0.1) is 0 Å². The fourth-order valence-electron chi connectivity index (χ4n) is 14.6. The smallest absolute Gasteiger partial charge is 0.209 e. The monoisotopic (exact) mass is 1080 g/mol. The number of aliphatic imine (C=N–C) groups is 2. The molecule has 9 aromatic carbocycles. The number of anilines is 1. The Morgan fingerprint density at radius 3 is 1.96 bits per heavy atom. The third-order valence-corrected chi connectivity index (χ3v) is 18.6. The van der Waals surface area contributed by atoms with Crippen LogP contribution in [0.1, 0.15) is 78.1 Å². The molecule has 0 radical (unpaired) electrons. The number of para-hydroxylation sites is 3. The Morgan fingerprint density at radius 1 is 0.488 bits per heavy atom. The van der Waals surface area contributed by atoms with Crippen LogP contribution in [0.15, 0.2) is 288 Å². The number of benzene rings is 9. The molecule has 2 N–H and O–H groups in total. The lowest BCUT2D eigenvalue weighted by Gasteiger charge is -2.36. The van der Waals surface area contributed by atoms with Gasteiger partial charge in [0.1, 0.15) is 0 Å². The number of hydrogen-bond donors (Lipinski definition) is 2. The summed E-state index contributed by atoms with van der Waals surface area (Å²) in [6, 6.07) is 79.8. The van der Waals surface area contributed by atoms with Crippen LogP contribution in [0.2, 0.25) is 0 Å². The number of allylic oxidation sites excluding steroid dienone is 6. The number of hydrogen-bond acceptors (Lipinski definition) is 5. The largest absolute Gasteiger partial charge is 0.345 e. The molecule has 3 aliphatic carbocycles. The fourth-order valence-corrected chi connectivity index (χ4v) is 14.6. The van der Waals surface area contributed by atoms with Crippen LogP contribution in [0.25, 0.3) is 71.7 Å². The van der Waals surface area contributed by atoms with E-state index in [9.17, 15) is 0 Å². The Labute approximate surface area is 488 Å². The van der Waals surface area contributed by atoms with E-state index in [1.54, 1.807) is 0 Å². The number of nitrogens with zero attached hydrogens (tertiary/aromatic N) is 5. The Balaban J connectivity index is 0.783. The quantitative estimate of drug-likeness (QED) is 0.174. The van der Waals surface area contributed by atoms with Gasteiger partial charge in [0.05, 0.1) is 51.6 Å².